The first-order valence-corrected chi connectivity index (χ1v) is 9.80. The van der Waals surface area contributed by atoms with E-state index in [4.69, 9.17) is 5.26 Å². The van der Waals surface area contributed by atoms with Crippen LogP contribution >= 0.6 is 0 Å². The quantitative estimate of drug-likeness (QED) is 0.737. The average Bonchev–Trinajstić information content (AvgIpc) is 3.23. The third kappa shape index (κ3) is 3.41. The minimum absolute atomic E-state index is 0.287. The highest BCUT2D eigenvalue weighted by Gasteiger charge is 2.36. The number of aromatic nitrogens is 4. The number of piperazine rings is 1. The van der Waals surface area contributed by atoms with Gasteiger partial charge in [-0.2, -0.15) is 5.26 Å². The lowest BCUT2D eigenvalue weighted by atomic mass is 9.91. The topological polar surface area (TPSA) is 85.9 Å². The Morgan fingerprint density at radius 2 is 1.76 bits per heavy atom. The van der Waals surface area contributed by atoms with Crippen LogP contribution < -0.4 is 10.2 Å². The molecule has 8 heteroatoms. The van der Waals surface area contributed by atoms with Crippen molar-refractivity contribution in [2.45, 2.75) is 24.9 Å². The maximum absolute atomic E-state index is 8.80. The maximum Gasteiger partial charge on any atom is 0.158 e. The first kappa shape index (κ1) is 17.6. The van der Waals surface area contributed by atoms with E-state index in [1.165, 1.54) is 30.9 Å². The second-order valence-electron chi connectivity index (χ2n) is 7.68. The molecule has 5 heterocycles. The van der Waals surface area contributed by atoms with Crippen LogP contribution in [0.4, 0.5) is 17.3 Å². The normalized spacial score (nSPS) is 21.2. The van der Waals surface area contributed by atoms with Gasteiger partial charge in [0.15, 0.2) is 5.69 Å². The van der Waals surface area contributed by atoms with Crippen molar-refractivity contribution in [1.29, 1.82) is 5.26 Å². The van der Waals surface area contributed by atoms with Gasteiger partial charge in [0.25, 0.3) is 0 Å². The van der Waals surface area contributed by atoms with Crippen molar-refractivity contribution in [1.82, 2.24) is 24.4 Å². The minimum atomic E-state index is 0.287. The van der Waals surface area contributed by atoms with Gasteiger partial charge in [-0.3, -0.25) is 4.90 Å². The van der Waals surface area contributed by atoms with E-state index < -0.39 is 0 Å². The zero-order valence-corrected chi connectivity index (χ0v) is 16.2. The summed E-state index contributed by atoms with van der Waals surface area (Å²) in [5, 5.41) is 11.9. The Balaban J connectivity index is 1.29. The van der Waals surface area contributed by atoms with Crippen LogP contribution in [0.2, 0.25) is 0 Å². The van der Waals surface area contributed by atoms with E-state index >= 15 is 0 Å². The van der Waals surface area contributed by atoms with Crippen molar-refractivity contribution in [2.75, 3.05) is 30.4 Å². The Morgan fingerprint density at radius 3 is 2.41 bits per heavy atom. The van der Waals surface area contributed by atoms with Crippen LogP contribution in [0.3, 0.4) is 0 Å². The fourth-order valence-corrected chi connectivity index (χ4v) is 4.28. The summed E-state index contributed by atoms with van der Waals surface area (Å²) in [6.45, 7) is 2.27. The zero-order valence-electron chi connectivity index (χ0n) is 16.2. The van der Waals surface area contributed by atoms with E-state index in [0.717, 1.165) is 18.8 Å². The van der Waals surface area contributed by atoms with E-state index in [9.17, 15) is 0 Å². The first-order chi connectivity index (χ1) is 14.2. The van der Waals surface area contributed by atoms with Crippen molar-refractivity contribution >= 4 is 17.3 Å². The Morgan fingerprint density at radius 1 is 0.966 bits per heavy atom. The van der Waals surface area contributed by atoms with Crippen LogP contribution in [0.1, 0.15) is 18.5 Å². The van der Waals surface area contributed by atoms with Gasteiger partial charge >= 0.3 is 0 Å². The van der Waals surface area contributed by atoms with E-state index in [1.807, 2.05) is 16.8 Å². The number of nitrogens with one attached hydrogen (secondary N) is 1. The highest BCUT2D eigenvalue weighted by Crippen LogP contribution is 2.32. The monoisotopic (exact) mass is 386 g/mol. The SMILES string of the molecule is CN1CC2CCC1CN2c1ccc(-n2cnc(Nc3cnc(C#N)cn3)c2)cc1. The molecule has 3 aliphatic rings. The summed E-state index contributed by atoms with van der Waals surface area (Å²) in [4.78, 5) is 17.6. The molecule has 3 aromatic rings. The van der Waals surface area contributed by atoms with Crippen molar-refractivity contribution in [3.05, 3.63) is 54.9 Å². The molecule has 1 aromatic carbocycles. The number of anilines is 3. The molecule has 0 amide bonds. The van der Waals surface area contributed by atoms with Gasteiger partial charge in [-0.1, -0.05) is 0 Å². The van der Waals surface area contributed by atoms with Gasteiger partial charge in [0.2, 0.25) is 0 Å². The number of hydrogen-bond donors (Lipinski definition) is 1. The second kappa shape index (κ2) is 7.18. The molecule has 8 nitrogen and oxygen atoms in total. The van der Waals surface area contributed by atoms with Gasteiger partial charge in [0, 0.05) is 36.5 Å². The second-order valence-corrected chi connectivity index (χ2v) is 7.68. The highest BCUT2D eigenvalue weighted by molar-refractivity contribution is 5.55. The van der Waals surface area contributed by atoms with Gasteiger partial charge in [-0.05, 0) is 44.2 Å². The predicted octanol–water partition coefficient (Wildman–Crippen LogP) is 2.56. The number of rotatable bonds is 4. The third-order valence-corrected chi connectivity index (χ3v) is 5.89. The Hall–Kier alpha value is -3.44. The molecule has 3 saturated heterocycles. The molecule has 0 aliphatic carbocycles. The molecule has 3 fully saturated rings. The number of nitrogens with zero attached hydrogens (tertiary/aromatic N) is 7. The van der Waals surface area contributed by atoms with E-state index in [-0.39, 0.29) is 5.69 Å². The number of benzene rings is 1. The molecule has 0 saturated carbocycles. The summed E-state index contributed by atoms with van der Waals surface area (Å²) >= 11 is 0. The summed E-state index contributed by atoms with van der Waals surface area (Å²) in [5.41, 5.74) is 2.64. The Kier molecular flexibility index (Phi) is 4.37. The summed E-state index contributed by atoms with van der Waals surface area (Å²) in [5.74, 6) is 1.22. The summed E-state index contributed by atoms with van der Waals surface area (Å²) in [6, 6.07) is 11.9. The molecule has 29 heavy (non-hydrogen) atoms. The minimum Gasteiger partial charge on any atom is -0.366 e. The number of imidazole rings is 1. The molecule has 0 spiro atoms. The van der Waals surface area contributed by atoms with Crippen LogP contribution in [0.25, 0.3) is 5.69 Å². The molecule has 2 atom stereocenters. The molecule has 2 aromatic heterocycles. The van der Waals surface area contributed by atoms with Gasteiger partial charge in [0.1, 0.15) is 24.0 Å². The molecular weight excluding hydrogens is 364 g/mol. The standard InChI is InChI=1S/C21H22N8/c1-27-11-19-7-6-18(27)12-29(19)17-4-2-16(3-5-17)28-13-21(25-14-28)26-20-10-23-15(8-22)9-24-20/h2-5,9-10,13-14,18-19H,6-7,11-12H2,1H3,(H,24,26). The summed E-state index contributed by atoms with van der Waals surface area (Å²) < 4.78 is 1.97. The lowest BCUT2D eigenvalue weighted by Gasteiger charge is -2.51. The van der Waals surface area contributed by atoms with Gasteiger partial charge < -0.3 is 14.8 Å². The van der Waals surface area contributed by atoms with Gasteiger partial charge in [-0.15, -0.1) is 0 Å². The number of nitriles is 1. The lowest BCUT2D eigenvalue weighted by Crippen LogP contribution is -2.61. The van der Waals surface area contributed by atoms with Crippen molar-refractivity contribution in [3.63, 3.8) is 0 Å². The largest absolute Gasteiger partial charge is 0.366 e. The fourth-order valence-electron chi connectivity index (χ4n) is 4.28. The van der Waals surface area contributed by atoms with E-state index in [2.05, 4.69) is 61.4 Å². The summed E-state index contributed by atoms with van der Waals surface area (Å²) in [6.07, 6.45) is 9.23. The maximum atomic E-state index is 8.80. The first-order valence-electron chi connectivity index (χ1n) is 9.80. The molecule has 0 radical (unpaired) electrons. The lowest BCUT2D eigenvalue weighted by molar-refractivity contribution is 0.125. The van der Waals surface area contributed by atoms with Gasteiger partial charge in [-0.25, -0.2) is 15.0 Å². The molecule has 146 valence electrons. The Bertz CT molecular complexity index is 1030. The summed E-state index contributed by atoms with van der Waals surface area (Å²) in [7, 11) is 2.24. The third-order valence-electron chi connectivity index (χ3n) is 5.89. The molecule has 6 rings (SSSR count). The molecule has 2 bridgehead atoms. The number of likely N-dealkylation sites (N-methyl/N-ethyl adjacent to an activating group) is 1. The molecule has 3 aliphatic heterocycles. The van der Waals surface area contributed by atoms with Crippen LogP contribution in [0.5, 0.6) is 0 Å². The Labute approximate surface area is 169 Å². The number of piperidine rings is 2. The van der Waals surface area contributed by atoms with Crippen molar-refractivity contribution < 1.29 is 0 Å². The van der Waals surface area contributed by atoms with Crippen molar-refractivity contribution in [2.24, 2.45) is 0 Å². The smallest absolute Gasteiger partial charge is 0.158 e. The van der Waals surface area contributed by atoms with Crippen molar-refractivity contribution in [3.8, 4) is 11.8 Å². The van der Waals surface area contributed by atoms with Gasteiger partial charge in [0.05, 0.1) is 18.6 Å². The highest BCUT2D eigenvalue weighted by atomic mass is 15.3. The molecule has 1 N–H and O–H groups in total. The van der Waals surface area contributed by atoms with E-state index in [0.29, 0.717) is 23.7 Å². The van der Waals surface area contributed by atoms with E-state index in [1.54, 1.807) is 6.33 Å². The van der Waals surface area contributed by atoms with Crippen LogP contribution in [0.15, 0.2) is 49.2 Å². The number of fused-ring (bicyclic) bond motifs is 3. The molecule has 2 unspecified atom stereocenters. The van der Waals surface area contributed by atoms with Crippen LogP contribution in [-0.4, -0.2) is 56.6 Å². The zero-order chi connectivity index (χ0) is 19.8. The number of hydrogen-bond acceptors (Lipinski definition) is 7. The molecular formula is C21H22N8. The average molecular weight is 386 g/mol. The van der Waals surface area contributed by atoms with Crippen LogP contribution in [0, 0.1) is 11.3 Å². The van der Waals surface area contributed by atoms with Crippen LogP contribution in [-0.2, 0) is 0 Å². The fraction of sp³-hybridized carbons (Fsp3) is 0.333. The predicted molar refractivity (Wildman–Crippen MR) is 110 cm³/mol.